The molecule has 4 fully saturated rings. The molecule has 24 heteroatoms. The molecule has 4 heterocycles. The van der Waals surface area contributed by atoms with Gasteiger partial charge >= 0.3 is 0 Å². The van der Waals surface area contributed by atoms with E-state index in [1.54, 1.807) is 20.8 Å². The average molecular weight is 899 g/mol. The number of hydrogen-bond donors (Lipinski definition) is 0. The Balaban J connectivity index is 1.29. The highest BCUT2D eigenvalue weighted by molar-refractivity contribution is 7.46. The van der Waals surface area contributed by atoms with Gasteiger partial charge in [0, 0.05) is 19.3 Å². The molecule has 4 saturated heterocycles. The number of hydrogen-bond acceptors (Lipinski definition) is 20. The van der Waals surface area contributed by atoms with Crippen LogP contribution in [0.25, 0.3) is 0 Å². The van der Waals surface area contributed by atoms with Crippen LogP contribution in [-0.4, -0.2) is 98.7 Å². The molecular formula is C33H58O20P4-4. The molecular weight excluding hydrogens is 840 g/mol. The average Bonchev–Trinajstić information content (AvgIpc) is 3.80. The minimum absolute atomic E-state index is 0.0118. The lowest BCUT2D eigenvalue weighted by Crippen LogP contribution is -2.36. The minimum Gasteiger partial charge on any atom is -0.756 e. The van der Waals surface area contributed by atoms with Gasteiger partial charge in [-0.3, -0.25) is 18.3 Å². The van der Waals surface area contributed by atoms with Crippen molar-refractivity contribution in [3.05, 3.63) is 12.7 Å². The third kappa shape index (κ3) is 15.7. The van der Waals surface area contributed by atoms with E-state index in [1.807, 2.05) is 20.8 Å². The smallest absolute Gasteiger partial charge is 0.268 e. The lowest BCUT2D eigenvalue weighted by Gasteiger charge is -2.35. The molecule has 17 atom stereocenters. The van der Waals surface area contributed by atoms with Gasteiger partial charge in [-0.15, -0.1) is 6.58 Å². The van der Waals surface area contributed by atoms with Crippen molar-refractivity contribution in [3.63, 3.8) is 0 Å². The predicted molar refractivity (Wildman–Crippen MR) is 193 cm³/mol. The first kappa shape index (κ1) is 49.7. The molecule has 0 aliphatic carbocycles. The molecule has 0 amide bonds. The summed E-state index contributed by atoms with van der Waals surface area (Å²) in [6, 6.07) is 0. The van der Waals surface area contributed by atoms with Crippen LogP contribution in [0.4, 0.5) is 0 Å². The van der Waals surface area contributed by atoms with Crippen LogP contribution in [-0.2, 0) is 73.4 Å². The molecule has 4 aliphatic heterocycles. The second-order valence-electron chi connectivity index (χ2n) is 16.3. The first-order valence-corrected chi connectivity index (χ1v) is 24.9. The first-order valence-electron chi connectivity index (χ1n) is 19.0. The summed E-state index contributed by atoms with van der Waals surface area (Å²) in [5.74, 6) is 0.200. The van der Waals surface area contributed by atoms with Gasteiger partial charge in [0.05, 0.1) is 74.3 Å². The van der Waals surface area contributed by atoms with Crippen LogP contribution in [0.5, 0.6) is 0 Å². The molecule has 0 aromatic carbocycles. The zero-order chi connectivity index (χ0) is 42.7. The Morgan fingerprint density at radius 2 is 1.00 bits per heavy atom. The SMILES string of the molecule is C=CC(OP(=O)([O-])OC1C[C@H](C)O[C@@H]1COP(=O)([O-])OC1C[C@H](C)O[C@@H]1COP(=O)([O-])OC1C[C@H](C)O[C@@H]1COP(=O)([O-])OC(C)(C)C)[C@H]1O[C@@H](C)CC1C(C)C. The fourth-order valence-electron chi connectivity index (χ4n) is 7.27. The molecule has 4 rings (SSSR count). The Bertz CT molecular complexity index is 1530. The third-order valence-electron chi connectivity index (χ3n) is 9.61. The Kier molecular flexibility index (Phi) is 17.5. The van der Waals surface area contributed by atoms with Gasteiger partial charge < -0.3 is 74.7 Å². The van der Waals surface area contributed by atoms with Gasteiger partial charge in [-0.1, -0.05) is 19.9 Å². The van der Waals surface area contributed by atoms with Crippen LogP contribution < -0.4 is 19.6 Å². The van der Waals surface area contributed by atoms with Crippen LogP contribution in [0.2, 0.25) is 0 Å². The van der Waals surface area contributed by atoms with Crippen molar-refractivity contribution in [2.45, 2.75) is 167 Å². The quantitative estimate of drug-likeness (QED) is 0.118. The van der Waals surface area contributed by atoms with Crippen molar-refractivity contribution in [2.75, 3.05) is 19.8 Å². The van der Waals surface area contributed by atoms with Crippen LogP contribution in [0, 0.1) is 11.8 Å². The van der Waals surface area contributed by atoms with Crippen LogP contribution in [0.3, 0.4) is 0 Å². The first-order chi connectivity index (χ1) is 26.2. The fraction of sp³-hybridized carbons (Fsp3) is 0.939. The van der Waals surface area contributed by atoms with Crippen molar-refractivity contribution in [2.24, 2.45) is 11.8 Å². The summed E-state index contributed by atoms with van der Waals surface area (Å²) in [5.41, 5.74) is -1.07. The summed E-state index contributed by atoms with van der Waals surface area (Å²) in [6.07, 6.45) is -8.16. The maximum Gasteiger partial charge on any atom is 0.268 e. The van der Waals surface area contributed by atoms with E-state index in [0.29, 0.717) is 0 Å². The highest BCUT2D eigenvalue weighted by Gasteiger charge is 2.44. The van der Waals surface area contributed by atoms with E-state index in [1.165, 1.54) is 26.8 Å². The highest BCUT2D eigenvalue weighted by Crippen LogP contribution is 2.50. The summed E-state index contributed by atoms with van der Waals surface area (Å²) in [6.45, 7) is 17.1. The predicted octanol–water partition coefficient (Wildman–Crippen LogP) is 3.43. The molecule has 0 aromatic rings. The standard InChI is InChI=1S/C33H62O20P4/c1-11-25(32-24(19(2)3)12-20(4)48-32)49-57(40,41)52-28-15-23(7)46-30(28)17-43-55(36,37)50-26-13-21(5)45-29(26)16-42-54(34,35)51-27-14-22(6)47-31(27)18-44-56(38,39)53-33(8,9)10/h11,19-32H,1,12-18H2,2-10H3,(H,34,35)(H,36,37)(H,38,39)(H,40,41)/p-4/t20-,21-,22-,23-,24?,25?,26?,27?,28?,29+,30+,31+,32-/m0/s1. The van der Waals surface area contributed by atoms with Crippen LogP contribution in [0.15, 0.2) is 12.7 Å². The molecule has 0 N–H and O–H groups in total. The van der Waals surface area contributed by atoms with E-state index >= 15 is 0 Å². The lowest BCUT2D eigenvalue weighted by atomic mass is 9.86. The topological polar surface area (TPSA) is 271 Å². The summed E-state index contributed by atoms with van der Waals surface area (Å²) in [5, 5.41) is 0. The molecule has 0 bridgehead atoms. The Morgan fingerprint density at radius 3 is 1.37 bits per heavy atom. The van der Waals surface area contributed by atoms with Crippen molar-refractivity contribution in [1.29, 1.82) is 0 Å². The normalized spacial score (nSPS) is 38.4. The van der Waals surface area contributed by atoms with E-state index < -0.39 is 124 Å². The van der Waals surface area contributed by atoms with Gasteiger partial charge in [0.15, 0.2) is 0 Å². The maximum atomic E-state index is 13.1. The summed E-state index contributed by atoms with van der Waals surface area (Å²) in [4.78, 5) is 51.2. The van der Waals surface area contributed by atoms with Gasteiger partial charge in [-0.05, 0) is 66.7 Å². The largest absolute Gasteiger partial charge is 0.756 e. The Morgan fingerprint density at radius 1 is 0.632 bits per heavy atom. The second-order valence-corrected chi connectivity index (χ2v) is 21.7. The van der Waals surface area contributed by atoms with Gasteiger partial charge in [-0.2, -0.15) is 0 Å². The van der Waals surface area contributed by atoms with Crippen molar-refractivity contribution in [1.82, 2.24) is 0 Å². The third-order valence-corrected chi connectivity index (χ3v) is 13.9. The summed E-state index contributed by atoms with van der Waals surface area (Å²) in [7, 11) is -20.1. The van der Waals surface area contributed by atoms with E-state index in [4.69, 9.17) is 55.1 Å². The monoisotopic (exact) mass is 898 g/mol. The Labute approximate surface area is 334 Å². The highest BCUT2D eigenvalue weighted by atomic mass is 31.2. The van der Waals surface area contributed by atoms with Gasteiger partial charge in [0.25, 0.3) is 31.3 Å². The molecule has 0 saturated carbocycles. The zero-order valence-corrected chi connectivity index (χ0v) is 37.3. The van der Waals surface area contributed by atoms with Crippen molar-refractivity contribution >= 4 is 31.3 Å². The van der Waals surface area contributed by atoms with E-state index in [9.17, 15) is 37.8 Å². The minimum atomic E-state index is -5.16. The van der Waals surface area contributed by atoms with Crippen LogP contribution >= 0.6 is 31.3 Å². The lowest BCUT2D eigenvalue weighted by molar-refractivity contribution is -0.240. The van der Waals surface area contributed by atoms with Crippen molar-refractivity contribution < 1.29 is 93.0 Å². The van der Waals surface area contributed by atoms with E-state index in [2.05, 4.69) is 6.58 Å². The molecule has 9 unspecified atom stereocenters. The molecule has 57 heavy (non-hydrogen) atoms. The second kappa shape index (κ2) is 20.0. The summed E-state index contributed by atoms with van der Waals surface area (Å²) < 4.78 is 115. The molecule has 334 valence electrons. The van der Waals surface area contributed by atoms with Crippen LogP contribution in [0.1, 0.15) is 88.0 Å². The molecule has 0 aromatic heterocycles. The fourth-order valence-corrected chi connectivity index (χ4v) is 11.3. The molecule has 0 radical (unpaired) electrons. The number of ether oxygens (including phenoxy) is 4. The maximum absolute atomic E-state index is 13.1. The van der Waals surface area contributed by atoms with Gasteiger partial charge in [0.1, 0.15) is 24.4 Å². The van der Waals surface area contributed by atoms with E-state index in [-0.39, 0.29) is 37.2 Å². The van der Waals surface area contributed by atoms with Gasteiger partial charge in [0.2, 0.25) is 0 Å². The zero-order valence-electron chi connectivity index (χ0n) is 33.8. The van der Waals surface area contributed by atoms with Crippen molar-refractivity contribution in [3.8, 4) is 0 Å². The van der Waals surface area contributed by atoms with E-state index in [0.717, 1.165) is 6.42 Å². The molecule has 20 nitrogen and oxygen atoms in total. The number of phosphoric acid groups is 4. The number of phosphoric ester groups is 4. The van der Waals surface area contributed by atoms with Gasteiger partial charge in [-0.25, -0.2) is 0 Å². The Hall–Kier alpha value is 0.0200. The molecule has 4 aliphatic rings. The molecule has 0 spiro atoms. The summed E-state index contributed by atoms with van der Waals surface area (Å²) >= 11 is 0. The number of rotatable bonds is 21.